The van der Waals surface area contributed by atoms with Gasteiger partial charge in [-0.15, -0.1) is 0 Å². The van der Waals surface area contributed by atoms with E-state index in [0.717, 1.165) is 44.9 Å². The molecule has 5 atom stereocenters. The predicted octanol–water partition coefficient (Wildman–Crippen LogP) is 10.2. The summed E-state index contributed by atoms with van der Waals surface area (Å²) in [7, 11) is -9.59. The van der Waals surface area contributed by atoms with Crippen LogP contribution in [0.2, 0.25) is 0 Å². The fourth-order valence-electron chi connectivity index (χ4n) is 5.49. The van der Waals surface area contributed by atoms with E-state index in [1.165, 1.54) is 57.8 Å². The van der Waals surface area contributed by atoms with Crippen LogP contribution in [0.15, 0.2) is 85.1 Å². The minimum absolute atomic E-state index is 0.139. The summed E-state index contributed by atoms with van der Waals surface area (Å²) >= 11 is 0. The van der Waals surface area contributed by atoms with Crippen molar-refractivity contribution in [2.75, 3.05) is 39.6 Å². The molecule has 17 heteroatoms. The van der Waals surface area contributed by atoms with Crippen LogP contribution in [0.25, 0.3) is 0 Å². The van der Waals surface area contributed by atoms with Gasteiger partial charge in [-0.3, -0.25) is 27.7 Å². The summed E-state index contributed by atoms with van der Waals surface area (Å²) in [6.45, 7) is 0.192. The number of aliphatic hydroxyl groups is 3. The molecule has 0 saturated heterocycles. The Morgan fingerprint density at radius 2 is 0.719 bits per heavy atom. The van der Waals surface area contributed by atoms with Gasteiger partial charge in [0.05, 0.1) is 26.4 Å². The SMILES string of the molecule is CC/C=C/C=C/C=C\C=C\C=C\C=C\C=C\CCCCCC(=O)OCC(O)COP(=O)(O)OCC(O)COP(=O)(O)OCC(O)COC(=O)CCCCCCCCCCCCCCC. The smallest absolute Gasteiger partial charge is 0.463 e. The molecule has 0 fully saturated rings. The molecule has 0 amide bonds. The van der Waals surface area contributed by atoms with Gasteiger partial charge in [-0.1, -0.05) is 182 Å². The third kappa shape index (κ3) is 44.4. The minimum Gasteiger partial charge on any atom is -0.463 e. The summed E-state index contributed by atoms with van der Waals surface area (Å²) in [6.07, 6.45) is 42.8. The summed E-state index contributed by atoms with van der Waals surface area (Å²) in [4.78, 5) is 43.7. The minimum atomic E-state index is -4.80. The van der Waals surface area contributed by atoms with Crippen LogP contribution in [-0.4, -0.2) is 95.0 Å². The summed E-state index contributed by atoms with van der Waals surface area (Å²) in [6, 6.07) is 0. The third-order valence-electron chi connectivity index (χ3n) is 9.06. The second-order valence-electron chi connectivity index (χ2n) is 15.2. The number of allylic oxidation sites excluding steroid dienone is 14. The first-order valence-corrected chi connectivity index (χ1v) is 26.0. The lowest BCUT2D eigenvalue weighted by Crippen LogP contribution is -2.25. The molecular weight excluding hydrogens is 866 g/mol. The standard InChI is InChI=1S/C47H80O15P2/c1-3-5-7-9-11-13-15-17-18-19-20-21-22-24-26-28-30-32-34-36-47(52)58-38-44(49)40-60-64(55,56)62-42-45(50)41-61-63(53,54)59-39-43(48)37-57-46(51)35-33-31-29-27-25-23-16-14-12-10-8-6-4-2/h5,7,9,11,13,15,17-22,24,26,43-45,48-50H,3-4,6,8,10,12,14,16,23,25,27-42H2,1-2H3,(H,53,54)(H,55,56)/b7-5+,11-9+,15-13-,18-17+,20-19+,22-21+,26-24+. The molecule has 0 aliphatic carbocycles. The molecule has 5 N–H and O–H groups in total. The lowest BCUT2D eigenvalue weighted by molar-refractivity contribution is -0.148. The Morgan fingerprint density at radius 1 is 0.422 bits per heavy atom. The van der Waals surface area contributed by atoms with Crippen LogP contribution in [0, 0.1) is 0 Å². The Bertz CT molecular complexity index is 1470. The lowest BCUT2D eigenvalue weighted by Gasteiger charge is -2.19. The molecule has 0 spiro atoms. The number of phosphoric acid groups is 2. The van der Waals surface area contributed by atoms with Crippen molar-refractivity contribution in [3.05, 3.63) is 85.1 Å². The second kappa shape index (κ2) is 42.8. The van der Waals surface area contributed by atoms with Crippen molar-refractivity contribution in [2.45, 2.75) is 161 Å². The van der Waals surface area contributed by atoms with Gasteiger partial charge >= 0.3 is 27.6 Å². The van der Waals surface area contributed by atoms with E-state index in [4.69, 9.17) is 9.47 Å². The molecule has 15 nitrogen and oxygen atoms in total. The lowest BCUT2D eigenvalue weighted by atomic mass is 10.0. The first-order chi connectivity index (χ1) is 30.8. The number of carbonyl (C=O) groups is 2. The quantitative estimate of drug-likeness (QED) is 0.0166. The number of ether oxygens (including phenoxy) is 2. The highest BCUT2D eigenvalue weighted by molar-refractivity contribution is 7.47. The van der Waals surface area contributed by atoms with Gasteiger partial charge in [0.15, 0.2) is 0 Å². The molecule has 0 saturated carbocycles. The number of aliphatic hydroxyl groups excluding tert-OH is 3. The number of rotatable bonds is 43. The molecule has 0 aromatic heterocycles. The first kappa shape index (κ1) is 61.2. The number of esters is 2. The van der Waals surface area contributed by atoms with E-state index in [-0.39, 0.29) is 12.8 Å². The Hall–Kier alpha value is -2.78. The highest BCUT2D eigenvalue weighted by atomic mass is 31.2. The van der Waals surface area contributed by atoms with Gasteiger partial charge in [0.1, 0.15) is 31.5 Å². The maximum Gasteiger partial charge on any atom is 0.472 e. The molecule has 0 aliphatic heterocycles. The van der Waals surface area contributed by atoms with Crippen molar-refractivity contribution in [1.82, 2.24) is 0 Å². The van der Waals surface area contributed by atoms with Crippen LogP contribution in [0.1, 0.15) is 142 Å². The Labute approximate surface area is 383 Å². The fraction of sp³-hybridized carbons (Fsp3) is 0.660. The van der Waals surface area contributed by atoms with Crippen LogP contribution < -0.4 is 0 Å². The average molecular weight is 947 g/mol. The van der Waals surface area contributed by atoms with Crippen molar-refractivity contribution in [1.29, 1.82) is 0 Å². The zero-order chi connectivity index (χ0) is 47.4. The normalized spacial score (nSPS) is 15.9. The van der Waals surface area contributed by atoms with Crippen LogP contribution in [0.3, 0.4) is 0 Å². The van der Waals surface area contributed by atoms with E-state index < -0.39 is 85.5 Å². The van der Waals surface area contributed by atoms with Crippen molar-refractivity contribution >= 4 is 27.6 Å². The molecule has 5 unspecified atom stereocenters. The molecule has 0 rings (SSSR count). The van der Waals surface area contributed by atoms with Gasteiger partial charge in [-0.2, -0.15) is 0 Å². The zero-order valence-corrected chi connectivity index (χ0v) is 40.2. The largest absolute Gasteiger partial charge is 0.472 e. The Kier molecular flexibility index (Phi) is 41.0. The van der Waals surface area contributed by atoms with Gasteiger partial charge in [-0.25, -0.2) is 9.13 Å². The van der Waals surface area contributed by atoms with Crippen molar-refractivity contribution in [3.63, 3.8) is 0 Å². The van der Waals surface area contributed by atoms with E-state index in [0.29, 0.717) is 12.8 Å². The van der Waals surface area contributed by atoms with E-state index in [1.54, 1.807) is 0 Å². The second-order valence-corrected chi connectivity index (χ2v) is 18.1. The maximum absolute atomic E-state index is 12.1. The van der Waals surface area contributed by atoms with E-state index in [9.17, 15) is 43.8 Å². The highest BCUT2D eigenvalue weighted by Gasteiger charge is 2.28. The van der Waals surface area contributed by atoms with Crippen LogP contribution in [0.5, 0.6) is 0 Å². The van der Waals surface area contributed by atoms with Crippen LogP contribution in [0.4, 0.5) is 0 Å². The first-order valence-electron chi connectivity index (χ1n) is 23.0. The number of hydrogen-bond donors (Lipinski definition) is 5. The monoisotopic (exact) mass is 946 g/mol. The summed E-state index contributed by atoms with van der Waals surface area (Å²) in [5.41, 5.74) is 0. The summed E-state index contributed by atoms with van der Waals surface area (Å²) < 4.78 is 52.9. The molecule has 0 heterocycles. The van der Waals surface area contributed by atoms with Gasteiger partial charge in [0.25, 0.3) is 0 Å². The van der Waals surface area contributed by atoms with Crippen molar-refractivity contribution in [2.24, 2.45) is 0 Å². The molecule has 0 bridgehead atoms. The molecule has 64 heavy (non-hydrogen) atoms. The van der Waals surface area contributed by atoms with E-state index in [1.807, 2.05) is 79.0 Å². The number of carbonyl (C=O) groups excluding carboxylic acids is 2. The maximum atomic E-state index is 12.1. The van der Waals surface area contributed by atoms with Gasteiger partial charge in [0, 0.05) is 12.8 Å². The fourth-order valence-corrected chi connectivity index (χ4v) is 7.08. The van der Waals surface area contributed by atoms with E-state index >= 15 is 0 Å². The van der Waals surface area contributed by atoms with Crippen LogP contribution in [-0.2, 0) is 46.3 Å². The molecular formula is C47H80O15P2. The summed E-state index contributed by atoms with van der Waals surface area (Å²) in [5.74, 6) is -1.04. The topological polar surface area (TPSA) is 225 Å². The van der Waals surface area contributed by atoms with E-state index in [2.05, 4.69) is 38.0 Å². The molecule has 0 radical (unpaired) electrons. The van der Waals surface area contributed by atoms with Gasteiger partial charge < -0.3 is 34.6 Å². The van der Waals surface area contributed by atoms with Gasteiger partial charge in [0.2, 0.25) is 0 Å². The Morgan fingerprint density at radius 3 is 1.08 bits per heavy atom. The van der Waals surface area contributed by atoms with Crippen molar-refractivity contribution in [3.8, 4) is 0 Å². The molecule has 0 aromatic carbocycles. The van der Waals surface area contributed by atoms with Crippen LogP contribution >= 0.6 is 15.6 Å². The number of unbranched alkanes of at least 4 members (excludes halogenated alkanes) is 15. The highest BCUT2D eigenvalue weighted by Crippen LogP contribution is 2.45. The predicted molar refractivity (Wildman–Crippen MR) is 251 cm³/mol. The number of phosphoric ester groups is 2. The van der Waals surface area contributed by atoms with Crippen molar-refractivity contribution < 1.29 is 71.4 Å². The third-order valence-corrected chi connectivity index (χ3v) is 11.0. The Balaban J connectivity index is 3.99. The number of hydrogen-bond acceptors (Lipinski definition) is 13. The summed E-state index contributed by atoms with van der Waals surface area (Å²) in [5, 5.41) is 30.0. The zero-order valence-electron chi connectivity index (χ0n) is 38.4. The molecule has 0 aliphatic rings. The molecule has 0 aromatic rings. The average Bonchev–Trinajstić information content (AvgIpc) is 3.27. The van der Waals surface area contributed by atoms with Gasteiger partial charge in [-0.05, 0) is 32.1 Å². The molecule has 368 valence electrons.